The molecule has 0 amide bonds. The molecule has 370 valence electrons. The van der Waals surface area contributed by atoms with Gasteiger partial charge in [-0.3, -0.25) is 0 Å². The summed E-state index contributed by atoms with van der Waals surface area (Å²) in [5, 5.41) is 4.85. The SMILES string of the molecule is c1ccc(-c2cccc3cccc(-c4ccccc4N(c4ccccc4-c4ccc5c(c4)c4ccccc4n5-c4ccccc4)c4ccccc4-c4cccc5c4-c4ccccc4C5(c4ccccc4)c4ccccc4)c23)cc1. The van der Waals surface area contributed by atoms with E-state index in [-0.39, 0.29) is 0 Å². The largest absolute Gasteiger partial charge is 0.309 e. The molecule has 0 unspecified atom stereocenters. The molecule has 2 heteroatoms. The molecule has 0 atom stereocenters. The molecule has 1 aromatic heterocycles. The van der Waals surface area contributed by atoms with E-state index in [1.165, 1.54) is 88.2 Å². The Labute approximate surface area is 461 Å². The van der Waals surface area contributed by atoms with Crippen LogP contribution in [-0.2, 0) is 5.41 Å². The molecule has 2 nitrogen and oxygen atoms in total. The number of para-hydroxylation sites is 5. The lowest BCUT2D eigenvalue weighted by atomic mass is 9.67. The van der Waals surface area contributed by atoms with Crippen LogP contribution in [0.2, 0.25) is 0 Å². The topological polar surface area (TPSA) is 8.17 Å². The first-order valence-corrected chi connectivity index (χ1v) is 27.3. The Hall–Kier alpha value is -10.3. The van der Waals surface area contributed by atoms with Gasteiger partial charge in [-0.1, -0.05) is 267 Å². The summed E-state index contributed by atoms with van der Waals surface area (Å²) in [7, 11) is 0. The molecule has 14 aromatic rings. The van der Waals surface area contributed by atoms with Crippen LogP contribution in [0, 0.1) is 0 Å². The third-order valence-electron chi connectivity index (χ3n) is 16.5. The zero-order valence-corrected chi connectivity index (χ0v) is 43.4. The molecule has 15 rings (SSSR count). The summed E-state index contributed by atoms with van der Waals surface area (Å²) in [6, 6.07) is 116. The molecule has 0 N–H and O–H groups in total. The molecule has 79 heavy (non-hydrogen) atoms. The number of aromatic nitrogens is 1. The van der Waals surface area contributed by atoms with E-state index >= 15 is 0 Å². The van der Waals surface area contributed by atoms with Crippen LogP contribution in [0.4, 0.5) is 17.1 Å². The Bertz CT molecular complexity index is 4550. The highest BCUT2D eigenvalue weighted by Crippen LogP contribution is 2.60. The average Bonchev–Trinajstić information content (AvgIpc) is 4.15. The zero-order chi connectivity index (χ0) is 52.3. The van der Waals surface area contributed by atoms with Crippen molar-refractivity contribution in [3.8, 4) is 61.3 Å². The van der Waals surface area contributed by atoms with Crippen molar-refractivity contribution in [2.75, 3.05) is 4.90 Å². The van der Waals surface area contributed by atoms with Gasteiger partial charge in [0, 0.05) is 33.2 Å². The van der Waals surface area contributed by atoms with E-state index in [2.05, 4.69) is 325 Å². The van der Waals surface area contributed by atoms with E-state index in [9.17, 15) is 0 Å². The maximum absolute atomic E-state index is 2.56. The van der Waals surface area contributed by atoms with E-state index in [1.807, 2.05) is 0 Å². The van der Waals surface area contributed by atoms with Gasteiger partial charge in [-0.2, -0.15) is 0 Å². The molecule has 0 aliphatic heterocycles. The molecule has 0 spiro atoms. The van der Waals surface area contributed by atoms with E-state index in [1.54, 1.807) is 0 Å². The lowest BCUT2D eigenvalue weighted by Crippen LogP contribution is -2.28. The highest BCUT2D eigenvalue weighted by molar-refractivity contribution is 6.13. The van der Waals surface area contributed by atoms with Gasteiger partial charge in [0.2, 0.25) is 0 Å². The summed E-state index contributed by atoms with van der Waals surface area (Å²) in [6.45, 7) is 0. The van der Waals surface area contributed by atoms with Crippen LogP contribution < -0.4 is 4.90 Å². The van der Waals surface area contributed by atoms with Crippen molar-refractivity contribution in [1.82, 2.24) is 4.57 Å². The maximum Gasteiger partial charge on any atom is 0.0713 e. The first-order chi connectivity index (χ1) is 39.3. The van der Waals surface area contributed by atoms with Gasteiger partial charge >= 0.3 is 0 Å². The minimum Gasteiger partial charge on any atom is -0.309 e. The van der Waals surface area contributed by atoms with Crippen LogP contribution in [0.15, 0.2) is 315 Å². The van der Waals surface area contributed by atoms with Gasteiger partial charge in [0.15, 0.2) is 0 Å². The van der Waals surface area contributed by atoms with Crippen LogP contribution in [0.1, 0.15) is 22.3 Å². The second-order valence-electron chi connectivity index (χ2n) is 20.6. The van der Waals surface area contributed by atoms with E-state index in [0.717, 1.165) is 45.0 Å². The van der Waals surface area contributed by atoms with Crippen molar-refractivity contribution in [3.63, 3.8) is 0 Å². The van der Waals surface area contributed by atoms with E-state index in [0.29, 0.717) is 0 Å². The highest BCUT2D eigenvalue weighted by atomic mass is 15.2. The summed E-state index contributed by atoms with van der Waals surface area (Å²) < 4.78 is 2.40. The standard InChI is InChI=1S/C77H52N2/c1-5-26-53(27-6-1)60-41-23-28-54-29-24-42-64(75(54)60)61-37-15-21-48-72(61)79(70-46-19-14-36-59(70)55-50-51-74-67(52-55)63-39-17-20-47-71(63)78(74)58-34-11-4-12-35-58)73-49-22-16-38-62(73)65-43-25-45-69-76(65)66-40-13-18-44-68(66)77(69,56-30-7-2-8-31-56)57-32-9-3-10-33-57/h1-52H. The lowest BCUT2D eigenvalue weighted by molar-refractivity contribution is 0.768. The molecule has 1 aliphatic carbocycles. The van der Waals surface area contributed by atoms with Crippen molar-refractivity contribution < 1.29 is 0 Å². The van der Waals surface area contributed by atoms with Crippen molar-refractivity contribution in [2.45, 2.75) is 5.41 Å². The van der Waals surface area contributed by atoms with Crippen molar-refractivity contribution in [1.29, 1.82) is 0 Å². The number of hydrogen-bond acceptors (Lipinski definition) is 1. The second kappa shape index (κ2) is 19.1. The van der Waals surface area contributed by atoms with Gasteiger partial charge in [-0.25, -0.2) is 0 Å². The Kier molecular flexibility index (Phi) is 11.1. The number of rotatable bonds is 10. The summed E-state index contributed by atoms with van der Waals surface area (Å²) in [6.07, 6.45) is 0. The van der Waals surface area contributed by atoms with Crippen LogP contribution in [-0.4, -0.2) is 4.57 Å². The molecule has 0 fully saturated rings. The van der Waals surface area contributed by atoms with Gasteiger partial charge in [0.1, 0.15) is 0 Å². The fourth-order valence-electron chi connectivity index (χ4n) is 13.2. The van der Waals surface area contributed by atoms with Crippen molar-refractivity contribution in [2.24, 2.45) is 0 Å². The van der Waals surface area contributed by atoms with Gasteiger partial charge in [0.25, 0.3) is 0 Å². The van der Waals surface area contributed by atoms with Gasteiger partial charge in [-0.15, -0.1) is 0 Å². The van der Waals surface area contributed by atoms with Crippen molar-refractivity contribution in [3.05, 3.63) is 338 Å². The average molecular weight is 1010 g/mol. The number of anilines is 3. The van der Waals surface area contributed by atoms with Gasteiger partial charge in [-0.05, 0) is 121 Å². The van der Waals surface area contributed by atoms with Gasteiger partial charge in [0.05, 0.1) is 33.5 Å². The summed E-state index contributed by atoms with van der Waals surface area (Å²) in [4.78, 5) is 2.56. The molecule has 1 aliphatic rings. The molecule has 0 bridgehead atoms. The normalized spacial score (nSPS) is 12.4. The molecule has 1 heterocycles. The predicted octanol–water partition coefficient (Wildman–Crippen LogP) is 20.4. The molecule has 0 radical (unpaired) electrons. The fraction of sp³-hybridized carbons (Fsp3) is 0.0130. The van der Waals surface area contributed by atoms with E-state index in [4.69, 9.17) is 0 Å². The quantitative estimate of drug-likeness (QED) is 0.133. The number of hydrogen-bond donors (Lipinski definition) is 0. The van der Waals surface area contributed by atoms with E-state index < -0.39 is 5.41 Å². The molecule has 0 saturated heterocycles. The monoisotopic (exact) mass is 1000 g/mol. The Morgan fingerprint density at radius 1 is 0.278 bits per heavy atom. The number of fused-ring (bicyclic) bond motifs is 7. The van der Waals surface area contributed by atoms with Crippen LogP contribution in [0.3, 0.4) is 0 Å². The Balaban J connectivity index is 1.01. The zero-order valence-electron chi connectivity index (χ0n) is 43.4. The Morgan fingerprint density at radius 2 is 0.747 bits per heavy atom. The maximum atomic E-state index is 2.56. The smallest absolute Gasteiger partial charge is 0.0713 e. The van der Waals surface area contributed by atoms with Crippen LogP contribution in [0.5, 0.6) is 0 Å². The molecule has 0 saturated carbocycles. The summed E-state index contributed by atoms with van der Waals surface area (Å²) >= 11 is 0. The first-order valence-electron chi connectivity index (χ1n) is 27.3. The Morgan fingerprint density at radius 3 is 1.43 bits per heavy atom. The third-order valence-corrected chi connectivity index (χ3v) is 16.5. The van der Waals surface area contributed by atoms with Crippen LogP contribution >= 0.6 is 0 Å². The molecule has 13 aromatic carbocycles. The second-order valence-corrected chi connectivity index (χ2v) is 20.6. The third kappa shape index (κ3) is 7.33. The molecular weight excluding hydrogens is 953 g/mol. The van der Waals surface area contributed by atoms with Crippen LogP contribution in [0.25, 0.3) is 93.9 Å². The molecular formula is C77H52N2. The number of nitrogens with zero attached hydrogens (tertiary/aromatic N) is 2. The highest BCUT2D eigenvalue weighted by Gasteiger charge is 2.47. The summed E-state index contributed by atoms with van der Waals surface area (Å²) in [5.41, 5.74) is 23.0. The minimum atomic E-state index is -0.550. The summed E-state index contributed by atoms with van der Waals surface area (Å²) in [5.74, 6) is 0. The van der Waals surface area contributed by atoms with Crippen molar-refractivity contribution >= 4 is 49.6 Å². The lowest BCUT2D eigenvalue weighted by Gasteiger charge is -2.34. The first kappa shape index (κ1) is 46.1. The fourth-order valence-corrected chi connectivity index (χ4v) is 13.2. The minimum absolute atomic E-state index is 0.550. The predicted molar refractivity (Wildman–Crippen MR) is 332 cm³/mol. The van der Waals surface area contributed by atoms with Gasteiger partial charge < -0.3 is 9.47 Å². The number of benzene rings is 13.